The van der Waals surface area contributed by atoms with E-state index in [2.05, 4.69) is 5.32 Å². The third kappa shape index (κ3) is 4.42. The number of carbonyl (C=O) groups is 1. The molecule has 0 bridgehead atoms. The molecule has 1 amide bonds. The number of benzene rings is 1. The van der Waals surface area contributed by atoms with E-state index < -0.39 is 37.1 Å². The van der Waals surface area contributed by atoms with E-state index in [1.54, 1.807) is 0 Å². The molecule has 4 nitrogen and oxygen atoms in total. The van der Waals surface area contributed by atoms with Crippen molar-refractivity contribution >= 4 is 25.6 Å². The van der Waals surface area contributed by atoms with Crippen molar-refractivity contribution in [2.24, 2.45) is 5.92 Å². The summed E-state index contributed by atoms with van der Waals surface area (Å²) in [6, 6.07) is 1.06. The monoisotopic (exact) mass is 325 g/mol. The summed E-state index contributed by atoms with van der Waals surface area (Å²) in [4.78, 5) is 10.7. The Kier molecular flexibility index (Phi) is 5.47. The van der Waals surface area contributed by atoms with Crippen LogP contribution in [0.3, 0.4) is 0 Å². The number of nitrogens with one attached hydrogen (secondary N) is 1. The Labute approximate surface area is 120 Å². The molecule has 0 fully saturated rings. The highest BCUT2D eigenvalue weighted by Crippen LogP contribution is 2.23. The molecule has 0 saturated heterocycles. The van der Waals surface area contributed by atoms with Gasteiger partial charge in [-0.05, 0) is 24.5 Å². The van der Waals surface area contributed by atoms with Gasteiger partial charge in [0.2, 0.25) is 0 Å². The lowest BCUT2D eigenvalue weighted by molar-refractivity contribution is 0.0947. The van der Waals surface area contributed by atoms with Crippen molar-refractivity contribution in [2.45, 2.75) is 25.2 Å². The number of hydrogen-bond acceptors (Lipinski definition) is 3. The van der Waals surface area contributed by atoms with E-state index >= 15 is 0 Å². The fourth-order valence-electron chi connectivity index (χ4n) is 1.48. The molecule has 1 rings (SSSR count). The maximum absolute atomic E-state index is 13.9. The van der Waals surface area contributed by atoms with Gasteiger partial charge in [-0.3, -0.25) is 4.79 Å². The minimum Gasteiger partial charge on any atom is -0.352 e. The van der Waals surface area contributed by atoms with E-state index in [1.807, 2.05) is 13.8 Å². The molecule has 0 spiro atoms. The molecule has 1 aromatic carbocycles. The third-order valence-corrected chi connectivity index (χ3v) is 3.84. The lowest BCUT2D eigenvalue weighted by Gasteiger charge is -2.09. The van der Waals surface area contributed by atoms with Gasteiger partial charge in [0, 0.05) is 17.2 Å². The molecular formula is C12H14ClF2NO3S. The predicted molar refractivity (Wildman–Crippen MR) is 71.2 cm³/mol. The minimum atomic E-state index is -4.47. The topological polar surface area (TPSA) is 63.2 Å². The second-order valence-electron chi connectivity index (χ2n) is 4.64. The zero-order valence-corrected chi connectivity index (χ0v) is 12.5. The van der Waals surface area contributed by atoms with Crippen LogP contribution in [0.25, 0.3) is 0 Å². The Morgan fingerprint density at radius 1 is 1.35 bits per heavy atom. The van der Waals surface area contributed by atoms with Crippen molar-refractivity contribution in [3.05, 3.63) is 29.3 Å². The maximum Gasteiger partial charge on any atom is 0.264 e. The van der Waals surface area contributed by atoms with Crippen molar-refractivity contribution in [1.82, 2.24) is 5.32 Å². The summed E-state index contributed by atoms with van der Waals surface area (Å²) in [5, 5.41) is 2.39. The van der Waals surface area contributed by atoms with Gasteiger partial charge in [0.1, 0.15) is 10.7 Å². The zero-order valence-electron chi connectivity index (χ0n) is 10.9. The molecule has 0 aliphatic rings. The average molecular weight is 326 g/mol. The molecule has 0 aliphatic carbocycles. The van der Waals surface area contributed by atoms with Gasteiger partial charge in [-0.2, -0.15) is 0 Å². The van der Waals surface area contributed by atoms with Crippen LogP contribution >= 0.6 is 10.7 Å². The standard InChI is InChI=1S/C12H14ClF2NO3S/c1-7(2)3-4-16-12(17)9-5-8(14)6-10(11(9)15)20(13,18)19/h5-7H,3-4H2,1-2H3,(H,16,17). The molecule has 1 N–H and O–H groups in total. The number of rotatable bonds is 5. The van der Waals surface area contributed by atoms with Gasteiger partial charge in [0.05, 0.1) is 5.56 Å². The largest absolute Gasteiger partial charge is 0.352 e. The smallest absolute Gasteiger partial charge is 0.264 e. The van der Waals surface area contributed by atoms with Crippen LogP contribution < -0.4 is 5.32 Å². The van der Waals surface area contributed by atoms with E-state index in [0.717, 1.165) is 0 Å². The van der Waals surface area contributed by atoms with Crippen LogP contribution in [-0.2, 0) is 9.05 Å². The van der Waals surface area contributed by atoms with Gasteiger partial charge in [0.25, 0.3) is 15.0 Å². The average Bonchev–Trinajstić information content (AvgIpc) is 2.29. The van der Waals surface area contributed by atoms with Crippen molar-refractivity contribution in [3.8, 4) is 0 Å². The first kappa shape index (κ1) is 16.8. The molecule has 0 saturated carbocycles. The van der Waals surface area contributed by atoms with Crippen LogP contribution in [0.4, 0.5) is 8.78 Å². The first-order valence-corrected chi connectivity index (χ1v) is 8.15. The van der Waals surface area contributed by atoms with E-state index in [9.17, 15) is 22.0 Å². The fourth-order valence-corrected chi connectivity index (χ4v) is 2.39. The Balaban J connectivity index is 3.07. The molecule has 0 unspecified atom stereocenters. The van der Waals surface area contributed by atoms with E-state index in [0.29, 0.717) is 24.5 Å². The van der Waals surface area contributed by atoms with Crippen LogP contribution in [0.15, 0.2) is 17.0 Å². The lowest BCUT2D eigenvalue weighted by Crippen LogP contribution is -2.26. The summed E-state index contributed by atoms with van der Waals surface area (Å²) < 4.78 is 49.4. The molecule has 20 heavy (non-hydrogen) atoms. The molecule has 0 atom stereocenters. The van der Waals surface area contributed by atoms with Gasteiger partial charge in [-0.1, -0.05) is 13.8 Å². The Hall–Kier alpha value is -1.21. The number of halogens is 3. The second-order valence-corrected chi connectivity index (χ2v) is 7.18. The number of carbonyl (C=O) groups excluding carboxylic acids is 1. The highest BCUT2D eigenvalue weighted by Gasteiger charge is 2.24. The highest BCUT2D eigenvalue weighted by atomic mass is 35.7. The summed E-state index contributed by atoms with van der Waals surface area (Å²) in [6.07, 6.45) is 0.656. The molecule has 112 valence electrons. The van der Waals surface area contributed by atoms with Crippen molar-refractivity contribution in [1.29, 1.82) is 0 Å². The summed E-state index contributed by atoms with van der Waals surface area (Å²) >= 11 is 0. The van der Waals surface area contributed by atoms with E-state index in [1.165, 1.54) is 0 Å². The number of amides is 1. The lowest BCUT2D eigenvalue weighted by atomic mass is 10.1. The summed E-state index contributed by atoms with van der Waals surface area (Å²) in [6.45, 7) is 4.15. The van der Waals surface area contributed by atoms with Crippen LogP contribution in [0.1, 0.15) is 30.6 Å². The van der Waals surface area contributed by atoms with Crippen molar-refractivity contribution < 1.29 is 22.0 Å². The summed E-state index contributed by atoms with van der Waals surface area (Å²) in [5.74, 6) is -2.97. The highest BCUT2D eigenvalue weighted by molar-refractivity contribution is 8.13. The normalized spacial score (nSPS) is 11.7. The Bertz CT molecular complexity index is 617. The minimum absolute atomic E-state index is 0.273. The van der Waals surface area contributed by atoms with Gasteiger partial charge in [-0.25, -0.2) is 17.2 Å². The Morgan fingerprint density at radius 2 is 1.95 bits per heavy atom. The fraction of sp³-hybridized carbons (Fsp3) is 0.417. The quantitative estimate of drug-likeness (QED) is 0.847. The van der Waals surface area contributed by atoms with E-state index in [4.69, 9.17) is 10.7 Å². The van der Waals surface area contributed by atoms with Crippen LogP contribution in [0.2, 0.25) is 0 Å². The van der Waals surface area contributed by atoms with Crippen LogP contribution in [0.5, 0.6) is 0 Å². The first-order chi connectivity index (χ1) is 9.12. The molecule has 1 aromatic rings. The van der Waals surface area contributed by atoms with E-state index in [-0.39, 0.29) is 6.54 Å². The van der Waals surface area contributed by atoms with Crippen molar-refractivity contribution in [2.75, 3.05) is 6.54 Å². The van der Waals surface area contributed by atoms with Gasteiger partial charge >= 0.3 is 0 Å². The van der Waals surface area contributed by atoms with Crippen LogP contribution in [0, 0.1) is 17.6 Å². The Morgan fingerprint density at radius 3 is 2.45 bits per heavy atom. The second kappa shape index (κ2) is 6.49. The maximum atomic E-state index is 13.9. The molecule has 0 aromatic heterocycles. The molecule has 0 radical (unpaired) electrons. The van der Waals surface area contributed by atoms with Crippen LogP contribution in [-0.4, -0.2) is 20.9 Å². The number of hydrogen-bond donors (Lipinski definition) is 1. The summed E-state index contributed by atoms with van der Waals surface area (Å²) in [5.41, 5.74) is -0.687. The summed E-state index contributed by atoms with van der Waals surface area (Å²) in [7, 11) is 0.523. The van der Waals surface area contributed by atoms with Crippen molar-refractivity contribution in [3.63, 3.8) is 0 Å². The molecule has 8 heteroatoms. The third-order valence-electron chi connectivity index (χ3n) is 2.52. The van der Waals surface area contributed by atoms with Gasteiger partial charge < -0.3 is 5.32 Å². The van der Waals surface area contributed by atoms with Gasteiger partial charge in [0.15, 0.2) is 5.82 Å². The molecular weight excluding hydrogens is 312 g/mol. The first-order valence-electron chi connectivity index (χ1n) is 5.85. The SMILES string of the molecule is CC(C)CCNC(=O)c1cc(F)cc(S(=O)(=O)Cl)c1F. The predicted octanol–water partition coefficient (Wildman–Crippen LogP) is 2.67. The van der Waals surface area contributed by atoms with Gasteiger partial charge in [-0.15, -0.1) is 0 Å². The molecule has 0 heterocycles. The zero-order chi connectivity index (χ0) is 15.5. The molecule has 0 aliphatic heterocycles.